The van der Waals surface area contributed by atoms with Crippen LogP contribution in [-0.2, 0) is 6.54 Å². The number of aryl methyl sites for hydroxylation is 1. The predicted molar refractivity (Wildman–Crippen MR) is 78.3 cm³/mol. The molecule has 1 aromatic heterocycles. The molecule has 0 saturated heterocycles. The zero-order valence-electron chi connectivity index (χ0n) is 12.3. The van der Waals surface area contributed by atoms with Crippen LogP contribution in [0.1, 0.15) is 34.5 Å². The standard InChI is InChI=1S/C16H14N4O2/c1-11(21)13-5-3-4-6-16(13)22-8-7-20-12(2)19-14(9-17)15(20)10-18/h3-6H,7-8H2,1-2H3. The number of aromatic nitrogens is 2. The smallest absolute Gasteiger partial charge is 0.177 e. The molecular weight excluding hydrogens is 280 g/mol. The molecule has 0 radical (unpaired) electrons. The molecule has 2 aromatic rings. The average Bonchev–Trinajstić information content (AvgIpc) is 2.83. The fourth-order valence-electron chi connectivity index (χ4n) is 2.16. The van der Waals surface area contributed by atoms with E-state index >= 15 is 0 Å². The summed E-state index contributed by atoms with van der Waals surface area (Å²) in [5.74, 6) is 1.02. The molecule has 6 heteroatoms. The molecule has 0 aliphatic carbocycles. The molecule has 110 valence electrons. The van der Waals surface area contributed by atoms with Gasteiger partial charge in [0.1, 0.15) is 30.3 Å². The minimum atomic E-state index is -0.0705. The molecule has 0 fully saturated rings. The molecule has 6 nitrogen and oxygen atoms in total. The van der Waals surface area contributed by atoms with Gasteiger partial charge in [0.15, 0.2) is 17.2 Å². The maximum atomic E-state index is 11.5. The molecule has 0 bridgehead atoms. The van der Waals surface area contributed by atoms with Crippen molar-refractivity contribution in [3.05, 3.63) is 47.0 Å². The topological polar surface area (TPSA) is 91.7 Å². The number of benzene rings is 1. The van der Waals surface area contributed by atoms with Gasteiger partial charge < -0.3 is 9.30 Å². The van der Waals surface area contributed by atoms with E-state index in [1.807, 2.05) is 12.1 Å². The highest BCUT2D eigenvalue weighted by molar-refractivity contribution is 5.96. The van der Waals surface area contributed by atoms with E-state index in [2.05, 4.69) is 4.98 Å². The Morgan fingerprint density at radius 1 is 1.32 bits per heavy atom. The van der Waals surface area contributed by atoms with E-state index in [4.69, 9.17) is 15.3 Å². The average molecular weight is 294 g/mol. The predicted octanol–water partition coefficient (Wildman–Crippen LogP) is 2.22. The lowest BCUT2D eigenvalue weighted by atomic mass is 10.1. The summed E-state index contributed by atoms with van der Waals surface area (Å²) in [6.45, 7) is 3.84. The first-order chi connectivity index (χ1) is 10.6. The van der Waals surface area contributed by atoms with Gasteiger partial charge in [-0.15, -0.1) is 0 Å². The van der Waals surface area contributed by atoms with Crippen molar-refractivity contribution in [2.45, 2.75) is 20.4 Å². The molecule has 0 unspecified atom stereocenters. The van der Waals surface area contributed by atoms with Crippen molar-refractivity contribution in [1.82, 2.24) is 9.55 Å². The SMILES string of the molecule is CC(=O)c1ccccc1OCCn1c(C)nc(C#N)c1C#N. The summed E-state index contributed by atoms with van der Waals surface area (Å²) in [5.41, 5.74) is 0.857. The Labute approximate surface area is 128 Å². The van der Waals surface area contributed by atoms with Crippen molar-refractivity contribution in [3.63, 3.8) is 0 Å². The van der Waals surface area contributed by atoms with Crippen LogP contribution in [0.5, 0.6) is 5.75 Å². The molecular formula is C16H14N4O2. The van der Waals surface area contributed by atoms with Gasteiger partial charge in [0, 0.05) is 0 Å². The van der Waals surface area contributed by atoms with Crippen LogP contribution in [0, 0.1) is 29.6 Å². The van der Waals surface area contributed by atoms with E-state index in [-0.39, 0.29) is 23.8 Å². The third-order valence-corrected chi connectivity index (χ3v) is 3.21. The van der Waals surface area contributed by atoms with Gasteiger partial charge in [0.05, 0.1) is 12.1 Å². The Morgan fingerprint density at radius 2 is 2.05 bits per heavy atom. The molecule has 22 heavy (non-hydrogen) atoms. The van der Waals surface area contributed by atoms with Gasteiger partial charge in [-0.3, -0.25) is 4.79 Å². The number of hydrogen-bond acceptors (Lipinski definition) is 5. The number of nitriles is 2. The quantitative estimate of drug-likeness (QED) is 0.788. The van der Waals surface area contributed by atoms with Crippen LogP contribution in [-0.4, -0.2) is 21.9 Å². The molecule has 2 rings (SSSR count). The number of ether oxygens (including phenoxy) is 1. The van der Waals surface area contributed by atoms with Gasteiger partial charge in [-0.1, -0.05) is 12.1 Å². The Kier molecular flexibility index (Phi) is 4.55. The van der Waals surface area contributed by atoms with E-state index < -0.39 is 0 Å². The van der Waals surface area contributed by atoms with Gasteiger partial charge in [0.2, 0.25) is 0 Å². The summed E-state index contributed by atoms with van der Waals surface area (Å²) in [7, 11) is 0. The third-order valence-electron chi connectivity index (χ3n) is 3.21. The van der Waals surface area contributed by atoms with Crippen LogP contribution in [0.4, 0.5) is 0 Å². The lowest BCUT2D eigenvalue weighted by molar-refractivity contribution is 0.101. The summed E-state index contributed by atoms with van der Waals surface area (Å²) in [6.07, 6.45) is 0. The molecule has 0 aliphatic rings. The normalized spacial score (nSPS) is 9.82. The fraction of sp³-hybridized carbons (Fsp3) is 0.250. The Bertz CT molecular complexity index is 793. The number of Topliss-reactive ketones (excluding diaryl/α,β-unsaturated/α-hetero) is 1. The summed E-state index contributed by atoms with van der Waals surface area (Å²) >= 11 is 0. The maximum Gasteiger partial charge on any atom is 0.177 e. The largest absolute Gasteiger partial charge is 0.491 e. The monoisotopic (exact) mass is 294 g/mol. The van der Waals surface area contributed by atoms with Crippen molar-refractivity contribution in [2.75, 3.05) is 6.61 Å². The fourth-order valence-corrected chi connectivity index (χ4v) is 2.16. The number of rotatable bonds is 5. The van der Waals surface area contributed by atoms with Crippen LogP contribution in [0.15, 0.2) is 24.3 Å². The van der Waals surface area contributed by atoms with Crippen LogP contribution in [0.2, 0.25) is 0 Å². The van der Waals surface area contributed by atoms with E-state index in [1.54, 1.807) is 35.8 Å². The highest BCUT2D eigenvalue weighted by Gasteiger charge is 2.14. The second-order valence-corrected chi connectivity index (χ2v) is 4.63. The highest BCUT2D eigenvalue weighted by atomic mass is 16.5. The van der Waals surface area contributed by atoms with Crippen molar-refractivity contribution in [2.24, 2.45) is 0 Å². The van der Waals surface area contributed by atoms with Crippen molar-refractivity contribution in [1.29, 1.82) is 10.5 Å². The lowest BCUT2D eigenvalue weighted by Crippen LogP contribution is -2.12. The van der Waals surface area contributed by atoms with Crippen LogP contribution >= 0.6 is 0 Å². The van der Waals surface area contributed by atoms with Gasteiger partial charge in [-0.05, 0) is 26.0 Å². The summed E-state index contributed by atoms with van der Waals surface area (Å²) in [6, 6.07) is 10.9. The molecule has 0 spiro atoms. The molecule has 0 aliphatic heterocycles. The van der Waals surface area contributed by atoms with E-state index in [1.165, 1.54) is 6.92 Å². The summed E-state index contributed by atoms with van der Waals surface area (Å²) < 4.78 is 7.27. The number of ketones is 1. The molecule has 1 aromatic carbocycles. The second kappa shape index (κ2) is 6.55. The minimum absolute atomic E-state index is 0.0705. The molecule has 0 saturated carbocycles. The molecule has 0 N–H and O–H groups in total. The Balaban J connectivity index is 2.13. The number of carbonyl (C=O) groups excluding carboxylic acids is 1. The number of imidazole rings is 1. The van der Waals surface area contributed by atoms with Crippen molar-refractivity contribution in [3.8, 4) is 17.9 Å². The lowest BCUT2D eigenvalue weighted by Gasteiger charge is -2.11. The Hall–Kier alpha value is -3.12. The molecule has 0 atom stereocenters. The number of para-hydroxylation sites is 1. The van der Waals surface area contributed by atoms with E-state index in [9.17, 15) is 4.79 Å². The van der Waals surface area contributed by atoms with Crippen LogP contribution in [0.25, 0.3) is 0 Å². The minimum Gasteiger partial charge on any atom is -0.491 e. The summed E-state index contributed by atoms with van der Waals surface area (Å²) in [4.78, 5) is 15.6. The maximum absolute atomic E-state index is 11.5. The van der Waals surface area contributed by atoms with E-state index in [0.29, 0.717) is 23.7 Å². The zero-order valence-corrected chi connectivity index (χ0v) is 12.3. The van der Waals surface area contributed by atoms with Gasteiger partial charge in [-0.2, -0.15) is 10.5 Å². The van der Waals surface area contributed by atoms with Gasteiger partial charge in [0.25, 0.3) is 0 Å². The third kappa shape index (κ3) is 2.97. The molecule has 1 heterocycles. The van der Waals surface area contributed by atoms with E-state index in [0.717, 1.165) is 0 Å². The highest BCUT2D eigenvalue weighted by Crippen LogP contribution is 2.18. The molecule has 0 amide bonds. The zero-order chi connectivity index (χ0) is 16.1. The van der Waals surface area contributed by atoms with Crippen molar-refractivity contribution < 1.29 is 9.53 Å². The van der Waals surface area contributed by atoms with Gasteiger partial charge >= 0.3 is 0 Å². The first kappa shape index (κ1) is 15.3. The first-order valence-corrected chi connectivity index (χ1v) is 6.68. The second-order valence-electron chi connectivity index (χ2n) is 4.63. The van der Waals surface area contributed by atoms with Crippen molar-refractivity contribution >= 4 is 5.78 Å². The number of carbonyl (C=O) groups is 1. The number of hydrogen-bond donors (Lipinski definition) is 0. The Morgan fingerprint density at radius 3 is 2.68 bits per heavy atom. The van der Waals surface area contributed by atoms with Crippen LogP contribution in [0.3, 0.4) is 0 Å². The van der Waals surface area contributed by atoms with Crippen LogP contribution < -0.4 is 4.74 Å². The summed E-state index contributed by atoms with van der Waals surface area (Å²) in [5, 5.41) is 18.1. The number of nitrogens with zero attached hydrogens (tertiary/aromatic N) is 4. The first-order valence-electron chi connectivity index (χ1n) is 6.68. The van der Waals surface area contributed by atoms with Gasteiger partial charge in [-0.25, -0.2) is 4.98 Å².